The molecule has 72 valence electrons. The van der Waals surface area contributed by atoms with E-state index in [1.54, 1.807) is 13.3 Å². The van der Waals surface area contributed by atoms with Crippen LogP contribution in [0.5, 0.6) is 0 Å². The zero-order valence-electron chi connectivity index (χ0n) is 7.67. The van der Waals surface area contributed by atoms with Crippen LogP contribution in [0.2, 0.25) is 0 Å². The Labute approximate surface area is 77.3 Å². The van der Waals surface area contributed by atoms with Crippen LogP contribution in [0.1, 0.15) is 5.56 Å². The van der Waals surface area contributed by atoms with Crippen LogP contribution in [0.3, 0.4) is 0 Å². The van der Waals surface area contributed by atoms with Gasteiger partial charge in [-0.05, 0) is 11.6 Å². The number of amides is 1. The van der Waals surface area contributed by atoms with Crippen LogP contribution < -0.4 is 5.32 Å². The fourth-order valence-electron chi connectivity index (χ4n) is 1.01. The molecule has 1 amide bonds. The molecular formula is C9H14N2O2. The lowest BCUT2D eigenvalue weighted by atomic mass is 10.2. The van der Waals surface area contributed by atoms with Crippen LogP contribution in [0, 0.1) is 0 Å². The predicted octanol–water partition coefficient (Wildman–Crippen LogP) is 0.320. The van der Waals surface area contributed by atoms with Crippen molar-refractivity contribution in [1.82, 2.24) is 10.3 Å². The van der Waals surface area contributed by atoms with Crippen LogP contribution in [-0.2, 0) is 16.0 Å². The van der Waals surface area contributed by atoms with E-state index < -0.39 is 0 Å². The molecule has 0 atom stereocenters. The van der Waals surface area contributed by atoms with Gasteiger partial charge in [-0.3, -0.25) is 4.79 Å². The van der Waals surface area contributed by atoms with Gasteiger partial charge in [-0.1, -0.05) is 0 Å². The molecule has 0 fully saturated rings. The van der Waals surface area contributed by atoms with Crippen molar-refractivity contribution in [3.8, 4) is 0 Å². The van der Waals surface area contributed by atoms with Crippen molar-refractivity contribution in [3.63, 3.8) is 0 Å². The molecule has 0 bridgehead atoms. The van der Waals surface area contributed by atoms with Gasteiger partial charge in [-0.25, -0.2) is 0 Å². The van der Waals surface area contributed by atoms with Crippen molar-refractivity contribution in [1.29, 1.82) is 0 Å². The van der Waals surface area contributed by atoms with Gasteiger partial charge >= 0.3 is 0 Å². The van der Waals surface area contributed by atoms with Gasteiger partial charge in [-0.15, -0.1) is 0 Å². The van der Waals surface area contributed by atoms with Crippen molar-refractivity contribution >= 4 is 5.91 Å². The van der Waals surface area contributed by atoms with Gasteiger partial charge in [0.2, 0.25) is 5.91 Å². The van der Waals surface area contributed by atoms with Crippen LogP contribution in [0.4, 0.5) is 0 Å². The zero-order valence-corrected chi connectivity index (χ0v) is 7.67. The largest absolute Gasteiger partial charge is 0.383 e. The number of hydrogen-bond acceptors (Lipinski definition) is 2. The molecule has 1 heterocycles. The molecule has 0 aliphatic carbocycles. The Hall–Kier alpha value is -1.29. The van der Waals surface area contributed by atoms with Gasteiger partial charge in [0.1, 0.15) is 0 Å². The third-order valence-corrected chi connectivity index (χ3v) is 1.66. The maximum atomic E-state index is 11.2. The van der Waals surface area contributed by atoms with E-state index in [0.717, 1.165) is 5.56 Å². The van der Waals surface area contributed by atoms with Crippen LogP contribution >= 0.6 is 0 Å². The molecule has 1 rings (SSSR count). The minimum atomic E-state index is 0.0247. The number of carbonyl (C=O) groups is 1. The highest BCUT2D eigenvalue weighted by atomic mass is 16.5. The van der Waals surface area contributed by atoms with Gasteiger partial charge in [0.05, 0.1) is 13.0 Å². The van der Waals surface area contributed by atoms with Crippen molar-refractivity contribution in [2.45, 2.75) is 6.42 Å². The predicted molar refractivity (Wildman–Crippen MR) is 49.4 cm³/mol. The van der Waals surface area contributed by atoms with Gasteiger partial charge in [0.25, 0.3) is 0 Å². The Bertz CT molecular complexity index is 244. The minimum Gasteiger partial charge on any atom is -0.383 e. The molecule has 0 saturated heterocycles. The summed E-state index contributed by atoms with van der Waals surface area (Å²) in [7, 11) is 1.61. The van der Waals surface area contributed by atoms with Gasteiger partial charge in [0, 0.05) is 26.0 Å². The Morgan fingerprint density at radius 2 is 2.54 bits per heavy atom. The van der Waals surface area contributed by atoms with E-state index >= 15 is 0 Å². The first-order chi connectivity index (χ1) is 6.33. The third kappa shape index (κ3) is 3.75. The molecule has 0 spiro atoms. The van der Waals surface area contributed by atoms with E-state index in [1.165, 1.54) is 0 Å². The van der Waals surface area contributed by atoms with Gasteiger partial charge in [0.15, 0.2) is 0 Å². The highest BCUT2D eigenvalue weighted by molar-refractivity contribution is 5.78. The topological polar surface area (TPSA) is 54.1 Å². The van der Waals surface area contributed by atoms with Crippen LogP contribution in [0.15, 0.2) is 18.5 Å². The normalized spacial score (nSPS) is 9.92. The standard InChI is InChI=1S/C9H14N2O2/c1-13-5-4-11-9(12)6-8-2-3-10-7-8/h2-3,7,10H,4-6H2,1H3,(H,11,12). The second-order valence-electron chi connectivity index (χ2n) is 2.74. The van der Waals surface area contributed by atoms with E-state index in [4.69, 9.17) is 4.74 Å². The molecular weight excluding hydrogens is 168 g/mol. The highest BCUT2D eigenvalue weighted by Gasteiger charge is 2.01. The first-order valence-corrected chi connectivity index (χ1v) is 4.20. The smallest absolute Gasteiger partial charge is 0.224 e. The summed E-state index contributed by atoms with van der Waals surface area (Å²) in [4.78, 5) is 14.1. The first kappa shape index (κ1) is 9.80. The number of H-pyrrole nitrogens is 1. The zero-order chi connectivity index (χ0) is 9.52. The Kier molecular flexibility index (Phi) is 4.05. The maximum Gasteiger partial charge on any atom is 0.224 e. The molecule has 0 aromatic carbocycles. The molecule has 0 saturated carbocycles. The lowest BCUT2D eigenvalue weighted by Gasteiger charge is -2.02. The van der Waals surface area contributed by atoms with Crippen LogP contribution in [-0.4, -0.2) is 31.2 Å². The molecule has 13 heavy (non-hydrogen) atoms. The van der Waals surface area contributed by atoms with E-state index in [2.05, 4.69) is 10.3 Å². The molecule has 4 nitrogen and oxygen atoms in total. The Balaban J connectivity index is 2.18. The Morgan fingerprint density at radius 1 is 1.69 bits per heavy atom. The number of ether oxygens (including phenoxy) is 1. The summed E-state index contributed by atoms with van der Waals surface area (Å²) < 4.78 is 4.81. The summed E-state index contributed by atoms with van der Waals surface area (Å²) in [5, 5.41) is 2.74. The van der Waals surface area contributed by atoms with E-state index in [-0.39, 0.29) is 5.91 Å². The molecule has 1 aromatic heterocycles. The SMILES string of the molecule is COCCNC(=O)Cc1cc[nH]c1. The average Bonchev–Trinajstić information content (AvgIpc) is 2.57. The monoisotopic (exact) mass is 182 g/mol. The summed E-state index contributed by atoms with van der Waals surface area (Å²) in [6.07, 6.45) is 4.04. The highest BCUT2D eigenvalue weighted by Crippen LogP contribution is 1.96. The van der Waals surface area contributed by atoms with E-state index in [9.17, 15) is 4.79 Å². The van der Waals surface area contributed by atoms with E-state index in [1.807, 2.05) is 12.3 Å². The van der Waals surface area contributed by atoms with Crippen molar-refractivity contribution in [2.24, 2.45) is 0 Å². The summed E-state index contributed by atoms with van der Waals surface area (Å²) in [5.41, 5.74) is 0.995. The summed E-state index contributed by atoms with van der Waals surface area (Å²) >= 11 is 0. The second kappa shape index (κ2) is 5.37. The number of aromatic nitrogens is 1. The fourth-order valence-corrected chi connectivity index (χ4v) is 1.01. The van der Waals surface area contributed by atoms with Crippen molar-refractivity contribution in [3.05, 3.63) is 24.0 Å². The number of carbonyl (C=O) groups excluding carboxylic acids is 1. The van der Waals surface area contributed by atoms with Crippen LogP contribution in [0.25, 0.3) is 0 Å². The summed E-state index contributed by atoms with van der Waals surface area (Å²) in [6, 6.07) is 1.88. The molecule has 1 aromatic rings. The molecule has 2 N–H and O–H groups in total. The molecule has 0 aliphatic rings. The maximum absolute atomic E-state index is 11.2. The van der Waals surface area contributed by atoms with Gasteiger partial charge < -0.3 is 15.0 Å². The van der Waals surface area contributed by atoms with Crippen molar-refractivity contribution < 1.29 is 9.53 Å². The number of methoxy groups -OCH3 is 1. The summed E-state index contributed by atoms with van der Waals surface area (Å²) in [6.45, 7) is 1.12. The average molecular weight is 182 g/mol. The lowest BCUT2D eigenvalue weighted by molar-refractivity contribution is -0.120. The Morgan fingerprint density at radius 3 is 3.15 bits per heavy atom. The van der Waals surface area contributed by atoms with Crippen molar-refractivity contribution in [2.75, 3.05) is 20.3 Å². The molecule has 0 aliphatic heterocycles. The quantitative estimate of drug-likeness (QED) is 0.644. The second-order valence-corrected chi connectivity index (χ2v) is 2.74. The van der Waals surface area contributed by atoms with Gasteiger partial charge in [-0.2, -0.15) is 0 Å². The number of rotatable bonds is 5. The third-order valence-electron chi connectivity index (χ3n) is 1.66. The van der Waals surface area contributed by atoms with E-state index in [0.29, 0.717) is 19.6 Å². The first-order valence-electron chi connectivity index (χ1n) is 4.20. The summed E-state index contributed by atoms with van der Waals surface area (Å²) in [5.74, 6) is 0.0247. The lowest BCUT2D eigenvalue weighted by Crippen LogP contribution is -2.28. The molecule has 0 radical (unpaired) electrons. The number of aromatic amines is 1. The molecule has 4 heteroatoms. The fraction of sp³-hybridized carbons (Fsp3) is 0.444. The number of hydrogen-bond donors (Lipinski definition) is 2. The minimum absolute atomic E-state index is 0.0247. The molecule has 0 unspecified atom stereocenters. The number of nitrogens with one attached hydrogen (secondary N) is 2.